The van der Waals surface area contributed by atoms with Crippen LogP contribution in [0.15, 0.2) is 48.5 Å². The van der Waals surface area contributed by atoms with Crippen LogP contribution in [0, 0.1) is 11.8 Å². The molecular weight excluding hydrogens is 364 g/mol. The average Bonchev–Trinajstić information content (AvgIpc) is 3.10. The Hall–Kier alpha value is -3.06. The zero-order valence-corrected chi connectivity index (χ0v) is 15.7. The topological polar surface area (TPSA) is 91.3 Å². The van der Waals surface area contributed by atoms with E-state index in [1.54, 1.807) is 12.1 Å². The van der Waals surface area contributed by atoms with Crippen LogP contribution in [-0.2, 0) is 30.4 Å². The van der Waals surface area contributed by atoms with Crippen LogP contribution < -0.4 is 4.74 Å². The second kappa shape index (κ2) is 8.75. The minimum Gasteiger partial charge on any atom is -0.504 e. The quantitative estimate of drug-likeness (QED) is 0.578. The molecule has 28 heavy (non-hydrogen) atoms. The van der Waals surface area contributed by atoms with E-state index in [0.717, 1.165) is 5.56 Å². The van der Waals surface area contributed by atoms with Crippen LogP contribution in [-0.4, -0.2) is 37.9 Å². The molecule has 7 heteroatoms. The van der Waals surface area contributed by atoms with Gasteiger partial charge in [-0.15, -0.1) is 0 Å². The summed E-state index contributed by atoms with van der Waals surface area (Å²) in [4.78, 5) is 24.3. The first-order chi connectivity index (χ1) is 13.5. The lowest BCUT2D eigenvalue weighted by molar-refractivity contribution is -0.156. The van der Waals surface area contributed by atoms with Gasteiger partial charge in [0.2, 0.25) is 0 Å². The van der Waals surface area contributed by atoms with E-state index < -0.39 is 29.9 Å². The number of phenolic OH excluding ortho intramolecular Hbond substituents is 1. The second-order valence-corrected chi connectivity index (χ2v) is 6.44. The third-order valence-electron chi connectivity index (χ3n) is 4.75. The van der Waals surface area contributed by atoms with Gasteiger partial charge in [0.1, 0.15) is 0 Å². The maximum atomic E-state index is 12.2. The molecule has 1 aliphatic heterocycles. The van der Waals surface area contributed by atoms with Crippen LogP contribution in [0.5, 0.6) is 11.5 Å². The van der Waals surface area contributed by atoms with Gasteiger partial charge in [-0.05, 0) is 23.3 Å². The lowest BCUT2D eigenvalue weighted by atomic mass is 9.86. The summed E-state index contributed by atoms with van der Waals surface area (Å²) in [5.41, 5.74) is 1.60. The summed E-state index contributed by atoms with van der Waals surface area (Å²) in [5, 5.41) is 9.89. The standard InChI is InChI=1S/C21H22O7/c1-25-17-10-14(8-9-16(17)22)19(27-11-13-6-4-3-5-7-13)15-12-28-21(24)18(15)20(23)26-2/h3-10,15,18-19,22H,11-12H2,1-2H3/t15-,18-,19-/m0/s1. The van der Waals surface area contributed by atoms with Crippen molar-refractivity contribution in [1.82, 2.24) is 0 Å². The number of methoxy groups -OCH3 is 2. The van der Waals surface area contributed by atoms with E-state index in [1.165, 1.54) is 20.3 Å². The number of carbonyl (C=O) groups excluding carboxylic acids is 2. The van der Waals surface area contributed by atoms with Crippen LogP contribution in [0.3, 0.4) is 0 Å². The van der Waals surface area contributed by atoms with E-state index in [1.807, 2.05) is 30.3 Å². The van der Waals surface area contributed by atoms with E-state index in [2.05, 4.69) is 0 Å². The lowest BCUT2D eigenvalue weighted by Gasteiger charge is -2.26. The monoisotopic (exact) mass is 386 g/mol. The Morgan fingerprint density at radius 1 is 1.21 bits per heavy atom. The van der Waals surface area contributed by atoms with Crippen molar-refractivity contribution in [3.63, 3.8) is 0 Å². The molecule has 0 spiro atoms. The number of esters is 2. The SMILES string of the molecule is COC(=O)[C@H]1C(=O)OC[C@@H]1[C@@H](OCc1ccccc1)c1ccc(O)c(OC)c1. The summed E-state index contributed by atoms with van der Waals surface area (Å²) in [6, 6.07) is 14.3. The van der Waals surface area contributed by atoms with Crippen LogP contribution >= 0.6 is 0 Å². The van der Waals surface area contributed by atoms with Crippen LogP contribution in [0.25, 0.3) is 0 Å². The zero-order chi connectivity index (χ0) is 20.1. The zero-order valence-electron chi connectivity index (χ0n) is 15.7. The fraction of sp³-hybridized carbons (Fsp3) is 0.333. The highest BCUT2D eigenvalue weighted by Crippen LogP contribution is 2.40. The Balaban J connectivity index is 1.94. The number of ether oxygens (including phenoxy) is 4. The fourth-order valence-corrected chi connectivity index (χ4v) is 3.30. The summed E-state index contributed by atoms with van der Waals surface area (Å²) in [5.74, 6) is -2.69. The van der Waals surface area contributed by atoms with Crippen molar-refractivity contribution in [1.29, 1.82) is 0 Å². The van der Waals surface area contributed by atoms with Gasteiger partial charge in [-0.1, -0.05) is 36.4 Å². The Labute approximate surface area is 162 Å². The predicted octanol–water partition coefficient (Wildman–Crippen LogP) is 2.62. The summed E-state index contributed by atoms with van der Waals surface area (Å²) in [6.45, 7) is 0.300. The van der Waals surface area contributed by atoms with E-state index in [4.69, 9.17) is 18.9 Å². The highest BCUT2D eigenvalue weighted by atomic mass is 16.6. The van der Waals surface area contributed by atoms with Crippen LogP contribution in [0.2, 0.25) is 0 Å². The third kappa shape index (κ3) is 4.09. The van der Waals surface area contributed by atoms with E-state index >= 15 is 0 Å². The molecule has 0 amide bonds. The van der Waals surface area contributed by atoms with Crippen molar-refractivity contribution in [2.24, 2.45) is 11.8 Å². The molecule has 1 fully saturated rings. The van der Waals surface area contributed by atoms with E-state index in [0.29, 0.717) is 5.56 Å². The smallest absolute Gasteiger partial charge is 0.320 e. The summed E-state index contributed by atoms with van der Waals surface area (Å²) >= 11 is 0. The summed E-state index contributed by atoms with van der Waals surface area (Å²) in [6.07, 6.45) is -0.648. The van der Waals surface area contributed by atoms with Gasteiger partial charge >= 0.3 is 11.9 Å². The van der Waals surface area contributed by atoms with Gasteiger partial charge in [0.15, 0.2) is 17.4 Å². The molecule has 0 unspecified atom stereocenters. The second-order valence-electron chi connectivity index (χ2n) is 6.44. The van der Waals surface area contributed by atoms with E-state index in [9.17, 15) is 14.7 Å². The Bertz CT molecular complexity index is 834. The molecule has 1 N–H and O–H groups in total. The molecule has 2 aromatic carbocycles. The Kier molecular flexibility index (Phi) is 6.16. The van der Waals surface area contributed by atoms with Gasteiger partial charge < -0.3 is 24.1 Å². The highest BCUT2D eigenvalue weighted by Gasteiger charge is 2.48. The number of hydrogen-bond acceptors (Lipinski definition) is 7. The van der Waals surface area contributed by atoms with Gasteiger partial charge in [-0.2, -0.15) is 0 Å². The van der Waals surface area contributed by atoms with Crippen molar-refractivity contribution in [3.8, 4) is 11.5 Å². The lowest BCUT2D eigenvalue weighted by Crippen LogP contribution is -2.31. The molecule has 7 nitrogen and oxygen atoms in total. The number of aromatic hydroxyl groups is 1. The fourth-order valence-electron chi connectivity index (χ4n) is 3.30. The number of benzene rings is 2. The molecule has 148 valence electrons. The maximum Gasteiger partial charge on any atom is 0.320 e. The molecule has 3 rings (SSSR count). The maximum absolute atomic E-state index is 12.2. The van der Waals surface area contributed by atoms with Gasteiger partial charge in [0, 0.05) is 5.92 Å². The molecule has 0 aromatic heterocycles. The summed E-state index contributed by atoms with van der Waals surface area (Å²) in [7, 11) is 2.67. The van der Waals surface area contributed by atoms with Crippen molar-refractivity contribution >= 4 is 11.9 Å². The predicted molar refractivity (Wildman–Crippen MR) is 98.6 cm³/mol. The van der Waals surface area contributed by atoms with Crippen molar-refractivity contribution in [3.05, 3.63) is 59.7 Å². The molecule has 1 heterocycles. The Morgan fingerprint density at radius 2 is 1.96 bits per heavy atom. The number of phenols is 1. The molecule has 2 aromatic rings. The molecule has 1 aliphatic rings. The minimum absolute atomic E-state index is 0.0173. The summed E-state index contributed by atoms with van der Waals surface area (Å²) < 4.78 is 21.2. The molecule has 0 bridgehead atoms. The van der Waals surface area contributed by atoms with Gasteiger partial charge in [-0.25, -0.2) is 0 Å². The number of carbonyl (C=O) groups is 2. The normalized spacial score (nSPS) is 19.7. The van der Waals surface area contributed by atoms with E-state index in [-0.39, 0.29) is 24.7 Å². The molecular formula is C21H22O7. The van der Waals surface area contributed by atoms with Crippen molar-refractivity contribution in [2.75, 3.05) is 20.8 Å². The first kappa shape index (κ1) is 19.7. The van der Waals surface area contributed by atoms with Gasteiger partial charge in [-0.3, -0.25) is 9.59 Å². The van der Waals surface area contributed by atoms with Gasteiger partial charge in [0.05, 0.1) is 33.5 Å². The number of cyclic esters (lactones) is 1. The molecule has 0 saturated carbocycles. The molecule has 1 saturated heterocycles. The average molecular weight is 386 g/mol. The molecule has 0 radical (unpaired) electrons. The van der Waals surface area contributed by atoms with Crippen LogP contribution in [0.4, 0.5) is 0 Å². The first-order valence-electron chi connectivity index (χ1n) is 8.82. The van der Waals surface area contributed by atoms with Gasteiger partial charge in [0.25, 0.3) is 0 Å². The number of rotatable bonds is 7. The van der Waals surface area contributed by atoms with Crippen molar-refractivity contribution < 1.29 is 33.6 Å². The highest BCUT2D eigenvalue weighted by molar-refractivity contribution is 5.96. The number of hydrogen-bond donors (Lipinski definition) is 1. The molecule has 3 atom stereocenters. The minimum atomic E-state index is -1.08. The van der Waals surface area contributed by atoms with Crippen LogP contribution in [0.1, 0.15) is 17.2 Å². The first-order valence-corrected chi connectivity index (χ1v) is 8.82. The molecule has 0 aliphatic carbocycles. The van der Waals surface area contributed by atoms with Crippen molar-refractivity contribution in [2.45, 2.75) is 12.7 Å². The third-order valence-corrected chi connectivity index (χ3v) is 4.75. The Morgan fingerprint density at radius 3 is 2.64 bits per heavy atom. The largest absolute Gasteiger partial charge is 0.504 e.